The van der Waals surface area contributed by atoms with Crippen LogP contribution in [0.3, 0.4) is 0 Å². The summed E-state index contributed by atoms with van der Waals surface area (Å²) >= 11 is 6.21. The summed E-state index contributed by atoms with van der Waals surface area (Å²) < 4.78 is 63.6. The van der Waals surface area contributed by atoms with Crippen molar-refractivity contribution in [2.75, 3.05) is 13.1 Å². The van der Waals surface area contributed by atoms with Crippen molar-refractivity contribution in [3.05, 3.63) is 64.7 Å². The minimum Gasteiger partial charge on any atom is -0.441 e. The van der Waals surface area contributed by atoms with E-state index in [1.807, 2.05) is 0 Å². The maximum absolute atomic E-state index is 14.2. The Labute approximate surface area is 220 Å². The summed E-state index contributed by atoms with van der Waals surface area (Å²) in [7, 11) is -4.31. The average molecular weight is 555 g/mol. The summed E-state index contributed by atoms with van der Waals surface area (Å²) in [6.07, 6.45) is 2.49. The van der Waals surface area contributed by atoms with E-state index in [4.69, 9.17) is 16.3 Å². The second-order valence-corrected chi connectivity index (χ2v) is 12.3. The molecule has 1 N–H and O–H groups in total. The molecule has 2 heterocycles. The van der Waals surface area contributed by atoms with Crippen LogP contribution in [0.2, 0.25) is 5.02 Å². The number of nitrogens with zero attached hydrogens (tertiary/aromatic N) is 2. The summed E-state index contributed by atoms with van der Waals surface area (Å²) in [5.41, 5.74) is -0.571. The number of hydrogen-bond donors (Lipinski definition) is 1. The summed E-state index contributed by atoms with van der Waals surface area (Å²) in [6, 6.07) is 7.45. The number of hydrogen-bond acceptors (Lipinski definition) is 5. The second-order valence-electron chi connectivity index (χ2n) is 10.1. The fourth-order valence-corrected chi connectivity index (χ4v) is 8.04. The van der Waals surface area contributed by atoms with Gasteiger partial charge in [-0.15, -0.1) is 0 Å². The van der Waals surface area contributed by atoms with Crippen molar-refractivity contribution < 1.29 is 31.8 Å². The zero-order valence-corrected chi connectivity index (χ0v) is 21.7. The van der Waals surface area contributed by atoms with Gasteiger partial charge in [0.1, 0.15) is 22.1 Å². The number of aliphatic hydroxyl groups is 1. The molecule has 1 aliphatic carbocycles. The van der Waals surface area contributed by atoms with E-state index < -0.39 is 51.5 Å². The Kier molecular flexibility index (Phi) is 7.21. The Balaban J connectivity index is 1.53. The van der Waals surface area contributed by atoms with Gasteiger partial charge in [0, 0.05) is 13.1 Å². The van der Waals surface area contributed by atoms with Crippen molar-refractivity contribution in [1.82, 2.24) is 9.21 Å². The summed E-state index contributed by atoms with van der Waals surface area (Å²) in [6.45, 7) is 0.619. The van der Waals surface area contributed by atoms with Crippen LogP contribution >= 0.6 is 11.6 Å². The molecule has 7 nitrogen and oxygen atoms in total. The molecule has 0 bridgehead atoms. The zero-order chi connectivity index (χ0) is 26.4. The molecule has 200 valence electrons. The molecule has 1 amide bonds. The first-order valence-electron chi connectivity index (χ1n) is 12.5. The highest BCUT2D eigenvalue weighted by atomic mass is 35.5. The number of likely N-dealkylation sites (tertiary alicyclic amines) is 1. The van der Waals surface area contributed by atoms with E-state index in [0.717, 1.165) is 18.2 Å². The standard InChI is InChI=1S/C26H29ClF2N2O5S/c27-21-15-19(29)9-10-23(21)37(34,35)31-22(17-4-1-5-18(28)14-17)7-2-8-24(31)26(11-12-26)36-25(33)30-13-3-6-20(32)16-30/h1,4-5,9-10,14-15,20,22,24,32H,2-3,6-8,11-13,16H2/t20?,22-,24+/m0/s1. The highest BCUT2D eigenvalue weighted by Crippen LogP contribution is 2.53. The molecule has 1 unspecified atom stereocenters. The number of piperidine rings is 2. The lowest BCUT2D eigenvalue weighted by Crippen LogP contribution is -2.54. The average Bonchev–Trinajstić information content (AvgIpc) is 3.64. The molecule has 11 heteroatoms. The van der Waals surface area contributed by atoms with Crippen LogP contribution in [-0.4, -0.2) is 59.7 Å². The highest BCUT2D eigenvalue weighted by Gasteiger charge is 2.60. The number of carbonyl (C=O) groups is 1. The van der Waals surface area contributed by atoms with Crippen molar-refractivity contribution in [2.24, 2.45) is 0 Å². The number of benzene rings is 2. The molecule has 2 saturated heterocycles. The number of carbonyl (C=O) groups excluding carboxylic acids is 1. The molecule has 2 aromatic rings. The van der Waals surface area contributed by atoms with Crippen molar-refractivity contribution in [3.63, 3.8) is 0 Å². The third-order valence-corrected chi connectivity index (χ3v) is 9.95. The molecular weight excluding hydrogens is 526 g/mol. The zero-order valence-electron chi connectivity index (χ0n) is 20.2. The van der Waals surface area contributed by atoms with Crippen LogP contribution in [0.25, 0.3) is 0 Å². The van der Waals surface area contributed by atoms with Crippen LogP contribution < -0.4 is 0 Å². The molecule has 0 aromatic heterocycles. The lowest BCUT2D eigenvalue weighted by molar-refractivity contribution is -0.0194. The van der Waals surface area contributed by atoms with Crippen molar-refractivity contribution in [1.29, 1.82) is 0 Å². The van der Waals surface area contributed by atoms with Crippen molar-refractivity contribution in [2.45, 2.75) is 73.6 Å². The van der Waals surface area contributed by atoms with Gasteiger partial charge in [0.05, 0.1) is 23.2 Å². The minimum absolute atomic E-state index is 0.165. The number of β-amino-alcohol motifs (C(OH)–C–C–N with tert-alkyl or cyclic N) is 1. The van der Waals surface area contributed by atoms with Gasteiger partial charge in [-0.25, -0.2) is 22.0 Å². The number of halogens is 3. The second kappa shape index (κ2) is 10.1. The number of amides is 1. The number of sulfonamides is 1. The van der Waals surface area contributed by atoms with E-state index in [2.05, 4.69) is 0 Å². The van der Waals surface area contributed by atoms with Gasteiger partial charge in [-0.1, -0.05) is 23.7 Å². The van der Waals surface area contributed by atoms with Crippen LogP contribution in [0.1, 0.15) is 56.6 Å². The first-order chi connectivity index (χ1) is 17.6. The van der Waals surface area contributed by atoms with Gasteiger partial charge >= 0.3 is 6.09 Å². The third kappa shape index (κ3) is 5.21. The lowest BCUT2D eigenvalue weighted by Gasteiger charge is -2.45. The Morgan fingerprint density at radius 2 is 1.81 bits per heavy atom. The van der Waals surface area contributed by atoms with Crippen molar-refractivity contribution in [3.8, 4) is 0 Å². The monoisotopic (exact) mass is 554 g/mol. The Bertz CT molecular complexity index is 1290. The molecule has 3 aliphatic rings. The molecule has 5 rings (SSSR count). The molecule has 2 aromatic carbocycles. The topological polar surface area (TPSA) is 87.2 Å². The molecule has 3 fully saturated rings. The number of ether oxygens (including phenoxy) is 1. The van der Waals surface area contributed by atoms with E-state index in [-0.39, 0.29) is 16.5 Å². The fraction of sp³-hybridized carbons (Fsp3) is 0.500. The van der Waals surface area contributed by atoms with E-state index >= 15 is 0 Å². The summed E-state index contributed by atoms with van der Waals surface area (Å²) in [5, 5.41) is 9.73. The maximum Gasteiger partial charge on any atom is 0.410 e. The van der Waals surface area contributed by atoms with Gasteiger partial charge in [0.15, 0.2) is 0 Å². The van der Waals surface area contributed by atoms with Gasteiger partial charge in [-0.05, 0) is 80.8 Å². The smallest absolute Gasteiger partial charge is 0.410 e. The van der Waals surface area contributed by atoms with Gasteiger partial charge in [0.25, 0.3) is 0 Å². The quantitative estimate of drug-likeness (QED) is 0.560. The maximum atomic E-state index is 14.2. The lowest BCUT2D eigenvalue weighted by atomic mass is 9.90. The first kappa shape index (κ1) is 26.3. The van der Waals surface area contributed by atoms with E-state index in [1.54, 1.807) is 6.07 Å². The Hall–Kier alpha value is -2.27. The van der Waals surface area contributed by atoms with Crippen molar-refractivity contribution >= 4 is 27.7 Å². The molecule has 1 saturated carbocycles. The molecular formula is C26H29ClF2N2O5S. The highest BCUT2D eigenvalue weighted by molar-refractivity contribution is 7.89. The molecule has 0 radical (unpaired) electrons. The summed E-state index contributed by atoms with van der Waals surface area (Å²) in [4.78, 5) is 14.3. The normalized spacial score (nSPS) is 26.1. The van der Waals surface area contributed by atoms with Crippen LogP contribution in [0, 0.1) is 11.6 Å². The van der Waals surface area contributed by atoms with Crippen LogP contribution in [0.15, 0.2) is 47.4 Å². The molecule has 3 atom stereocenters. The SMILES string of the molecule is O=C(OC1([C@H]2CCC[C@@H](c3cccc(F)c3)N2S(=O)(=O)c2ccc(F)cc2Cl)CC1)N1CCCC(O)C1. The van der Waals surface area contributed by atoms with Crippen LogP contribution in [0.5, 0.6) is 0 Å². The van der Waals surface area contributed by atoms with E-state index in [9.17, 15) is 27.1 Å². The fourth-order valence-electron chi connectivity index (χ4n) is 5.62. The Morgan fingerprint density at radius 3 is 2.49 bits per heavy atom. The Morgan fingerprint density at radius 1 is 1.05 bits per heavy atom. The van der Waals surface area contributed by atoms with E-state index in [0.29, 0.717) is 57.1 Å². The summed E-state index contributed by atoms with van der Waals surface area (Å²) in [5.74, 6) is -1.16. The molecule has 0 spiro atoms. The number of aliphatic hydroxyl groups excluding tert-OH is 1. The van der Waals surface area contributed by atoms with Gasteiger partial charge < -0.3 is 14.7 Å². The van der Waals surface area contributed by atoms with E-state index in [1.165, 1.54) is 27.4 Å². The van der Waals surface area contributed by atoms with Gasteiger partial charge in [-0.3, -0.25) is 0 Å². The van der Waals surface area contributed by atoms with Gasteiger partial charge in [0.2, 0.25) is 10.0 Å². The first-order valence-corrected chi connectivity index (χ1v) is 14.3. The van der Waals surface area contributed by atoms with Crippen LogP contribution in [0.4, 0.5) is 13.6 Å². The van der Waals surface area contributed by atoms with Gasteiger partial charge in [-0.2, -0.15) is 4.31 Å². The molecule has 2 aliphatic heterocycles. The minimum atomic E-state index is -4.31. The van der Waals surface area contributed by atoms with Crippen LogP contribution in [-0.2, 0) is 14.8 Å². The largest absolute Gasteiger partial charge is 0.441 e. The predicted octanol–water partition coefficient (Wildman–Crippen LogP) is 5.03. The predicted molar refractivity (Wildman–Crippen MR) is 132 cm³/mol. The third-order valence-electron chi connectivity index (χ3n) is 7.55. The molecule has 37 heavy (non-hydrogen) atoms. The number of rotatable bonds is 5.